The van der Waals surface area contributed by atoms with Gasteiger partial charge in [0.25, 0.3) is 0 Å². The number of hydrogen-bond donors (Lipinski definition) is 1. The summed E-state index contributed by atoms with van der Waals surface area (Å²) in [4.78, 5) is 1.04. The van der Waals surface area contributed by atoms with Crippen LogP contribution in [-0.4, -0.2) is 0 Å². The minimum Gasteiger partial charge on any atom is -0.143 e. The van der Waals surface area contributed by atoms with E-state index in [0.717, 1.165) is 11.3 Å². The van der Waals surface area contributed by atoms with Crippen LogP contribution in [0, 0.1) is 0 Å². The second kappa shape index (κ2) is 3.30. The highest BCUT2D eigenvalue weighted by Crippen LogP contribution is 2.46. The van der Waals surface area contributed by atoms with Crippen molar-refractivity contribution in [2.45, 2.75) is 23.7 Å². The molecule has 0 radical (unpaired) electrons. The maximum Gasteiger partial charge on any atom is 0.0154 e. The third kappa shape index (κ3) is 1.23. The van der Waals surface area contributed by atoms with Crippen LogP contribution in [0.25, 0.3) is 22.9 Å². The zero-order valence-electron chi connectivity index (χ0n) is 10.3. The van der Waals surface area contributed by atoms with E-state index in [0.29, 0.717) is 0 Å². The molecule has 1 heteroatoms. The fraction of sp³-hybridized carbons (Fsp3) is 0.176. The van der Waals surface area contributed by atoms with Crippen LogP contribution < -0.4 is 0 Å². The SMILES string of the molecule is CC12C=Cc3cc(S)cc4ccc(c1c34)C=CC2. The van der Waals surface area contributed by atoms with Crippen molar-refractivity contribution in [3.63, 3.8) is 0 Å². The summed E-state index contributed by atoms with van der Waals surface area (Å²) in [5.74, 6) is 0. The molecule has 2 aromatic carbocycles. The van der Waals surface area contributed by atoms with E-state index in [1.807, 2.05) is 0 Å². The van der Waals surface area contributed by atoms with Gasteiger partial charge in [0.1, 0.15) is 0 Å². The molecule has 1 atom stereocenters. The van der Waals surface area contributed by atoms with Gasteiger partial charge in [-0.25, -0.2) is 0 Å². The molecule has 4 rings (SSSR count). The van der Waals surface area contributed by atoms with E-state index in [1.54, 1.807) is 0 Å². The molecule has 0 saturated carbocycles. The molecule has 0 nitrogen and oxygen atoms in total. The van der Waals surface area contributed by atoms with Gasteiger partial charge in [0.15, 0.2) is 0 Å². The molecule has 0 aliphatic heterocycles. The molecule has 18 heavy (non-hydrogen) atoms. The van der Waals surface area contributed by atoms with E-state index >= 15 is 0 Å². The molecule has 0 heterocycles. The lowest BCUT2D eigenvalue weighted by Crippen LogP contribution is -2.24. The van der Waals surface area contributed by atoms with Crippen molar-refractivity contribution in [1.82, 2.24) is 0 Å². The Morgan fingerprint density at radius 3 is 2.89 bits per heavy atom. The zero-order valence-corrected chi connectivity index (χ0v) is 11.2. The first-order chi connectivity index (χ1) is 8.67. The van der Waals surface area contributed by atoms with E-state index in [4.69, 9.17) is 0 Å². The Bertz CT molecular complexity index is 737. The van der Waals surface area contributed by atoms with Gasteiger partial charge < -0.3 is 0 Å². The van der Waals surface area contributed by atoms with E-state index in [1.165, 1.54) is 27.5 Å². The van der Waals surface area contributed by atoms with Gasteiger partial charge in [-0.3, -0.25) is 0 Å². The third-order valence-corrected chi connectivity index (χ3v) is 4.46. The second-order valence-electron chi connectivity index (χ2n) is 5.52. The predicted octanol–water partition coefficient (Wildman–Crippen LogP) is 4.83. The van der Waals surface area contributed by atoms with Crippen LogP contribution >= 0.6 is 12.6 Å². The summed E-state index contributed by atoms with van der Waals surface area (Å²) in [6, 6.07) is 8.79. The molecule has 2 aliphatic carbocycles. The van der Waals surface area contributed by atoms with Gasteiger partial charge in [0, 0.05) is 10.3 Å². The van der Waals surface area contributed by atoms with Crippen molar-refractivity contribution < 1.29 is 0 Å². The van der Waals surface area contributed by atoms with Crippen LogP contribution in [-0.2, 0) is 5.41 Å². The summed E-state index contributed by atoms with van der Waals surface area (Å²) in [5, 5.41) is 2.72. The molecule has 88 valence electrons. The summed E-state index contributed by atoms with van der Waals surface area (Å²) < 4.78 is 0. The average molecular weight is 250 g/mol. The Morgan fingerprint density at radius 1 is 1.11 bits per heavy atom. The lowest BCUT2D eigenvalue weighted by atomic mass is 9.69. The molecule has 2 aliphatic rings. The molecular weight excluding hydrogens is 236 g/mol. The lowest BCUT2D eigenvalue weighted by Gasteiger charge is -2.35. The lowest BCUT2D eigenvalue weighted by molar-refractivity contribution is 0.605. The van der Waals surface area contributed by atoms with E-state index < -0.39 is 0 Å². The number of rotatable bonds is 0. The van der Waals surface area contributed by atoms with Crippen molar-refractivity contribution in [3.8, 4) is 0 Å². The largest absolute Gasteiger partial charge is 0.143 e. The first-order valence-corrected chi connectivity index (χ1v) is 6.78. The van der Waals surface area contributed by atoms with Crippen molar-refractivity contribution in [3.05, 3.63) is 53.1 Å². The molecule has 0 N–H and O–H groups in total. The molecule has 0 fully saturated rings. The van der Waals surface area contributed by atoms with Crippen molar-refractivity contribution >= 4 is 35.6 Å². The normalized spacial score (nSPS) is 23.7. The van der Waals surface area contributed by atoms with Crippen LogP contribution in [0.3, 0.4) is 0 Å². The molecule has 0 aromatic heterocycles. The monoisotopic (exact) mass is 250 g/mol. The van der Waals surface area contributed by atoms with E-state index in [2.05, 4.69) is 68.1 Å². The fourth-order valence-corrected chi connectivity index (χ4v) is 3.62. The van der Waals surface area contributed by atoms with Crippen LogP contribution in [0.15, 0.2) is 41.3 Å². The Labute approximate surface area is 112 Å². The first kappa shape index (κ1) is 10.5. The smallest absolute Gasteiger partial charge is 0.0154 e. The standard InChI is InChI=1S/C17H14S/c1-17-7-2-3-11-4-5-12-9-14(18)10-13(6-8-17)15(12)16(11)17/h2-6,8-10,18H,7H2,1H3. The number of hydrogen-bond acceptors (Lipinski definition) is 1. The predicted molar refractivity (Wildman–Crippen MR) is 81.2 cm³/mol. The fourth-order valence-electron chi connectivity index (χ4n) is 3.34. The number of benzene rings is 2. The first-order valence-electron chi connectivity index (χ1n) is 6.33. The number of thiol groups is 1. The summed E-state index contributed by atoms with van der Waals surface area (Å²) in [6.07, 6.45) is 10.3. The van der Waals surface area contributed by atoms with Crippen molar-refractivity contribution in [1.29, 1.82) is 0 Å². The molecule has 0 amide bonds. The summed E-state index contributed by atoms with van der Waals surface area (Å²) in [6.45, 7) is 2.34. The van der Waals surface area contributed by atoms with E-state index in [9.17, 15) is 0 Å². The van der Waals surface area contributed by atoms with Gasteiger partial charge in [-0.15, -0.1) is 12.6 Å². The zero-order chi connectivity index (χ0) is 12.3. The topological polar surface area (TPSA) is 0 Å². The molecule has 0 bridgehead atoms. The quantitative estimate of drug-likeness (QED) is 0.636. The van der Waals surface area contributed by atoms with Gasteiger partial charge in [0.05, 0.1) is 0 Å². The maximum atomic E-state index is 4.50. The Kier molecular flexibility index (Phi) is 1.92. The van der Waals surface area contributed by atoms with Gasteiger partial charge in [-0.2, -0.15) is 0 Å². The minimum absolute atomic E-state index is 0.161. The highest BCUT2D eigenvalue weighted by atomic mass is 32.1. The molecular formula is C17H14S. The second-order valence-corrected chi connectivity index (χ2v) is 6.04. The van der Waals surface area contributed by atoms with Gasteiger partial charge >= 0.3 is 0 Å². The Balaban J connectivity index is 2.26. The van der Waals surface area contributed by atoms with Gasteiger partial charge in [-0.1, -0.05) is 43.4 Å². The Morgan fingerprint density at radius 2 is 2.00 bits per heavy atom. The number of allylic oxidation sites excluding steroid dienone is 2. The van der Waals surface area contributed by atoms with Gasteiger partial charge in [0.2, 0.25) is 0 Å². The molecule has 2 aromatic rings. The van der Waals surface area contributed by atoms with E-state index in [-0.39, 0.29) is 5.41 Å². The summed E-state index contributed by atoms with van der Waals surface area (Å²) >= 11 is 4.50. The Hall–Kier alpha value is -1.47. The summed E-state index contributed by atoms with van der Waals surface area (Å²) in [7, 11) is 0. The molecule has 1 unspecified atom stereocenters. The average Bonchev–Trinajstić information content (AvgIpc) is 2.35. The van der Waals surface area contributed by atoms with Gasteiger partial charge in [-0.05, 0) is 46.0 Å². The summed E-state index contributed by atoms with van der Waals surface area (Å²) in [5.41, 5.74) is 4.33. The van der Waals surface area contributed by atoms with Crippen LogP contribution in [0.5, 0.6) is 0 Å². The van der Waals surface area contributed by atoms with Crippen molar-refractivity contribution in [2.75, 3.05) is 0 Å². The van der Waals surface area contributed by atoms with Crippen LogP contribution in [0.4, 0.5) is 0 Å². The molecule has 0 saturated heterocycles. The molecule has 0 spiro atoms. The highest BCUT2D eigenvalue weighted by molar-refractivity contribution is 7.80. The van der Waals surface area contributed by atoms with Crippen molar-refractivity contribution in [2.24, 2.45) is 0 Å². The van der Waals surface area contributed by atoms with Crippen LogP contribution in [0.1, 0.15) is 30.0 Å². The maximum absolute atomic E-state index is 4.50. The minimum atomic E-state index is 0.161. The third-order valence-electron chi connectivity index (χ3n) is 4.21. The highest BCUT2D eigenvalue weighted by Gasteiger charge is 2.32. The van der Waals surface area contributed by atoms with Crippen LogP contribution in [0.2, 0.25) is 0 Å².